The summed E-state index contributed by atoms with van der Waals surface area (Å²) in [6, 6.07) is 0. The van der Waals surface area contributed by atoms with Gasteiger partial charge in [-0.05, 0) is 31.8 Å². The third kappa shape index (κ3) is 2.24. The molecule has 0 aromatic carbocycles. The number of hydrogen-bond donors (Lipinski definition) is 1. The van der Waals surface area contributed by atoms with Crippen molar-refractivity contribution < 1.29 is 4.52 Å². The lowest BCUT2D eigenvalue weighted by Gasteiger charge is -2.34. The lowest BCUT2D eigenvalue weighted by molar-refractivity contribution is 0.196. The summed E-state index contributed by atoms with van der Waals surface area (Å²) in [4.78, 5) is 8.83. The lowest BCUT2D eigenvalue weighted by atomic mass is 9.75. The average Bonchev–Trinajstić information content (AvgIpc) is 3.08. The van der Waals surface area contributed by atoms with Gasteiger partial charge in [-0.2, -0.15) is 4.98 Å². The molecule has 0 amide bonds. The number of aryl methyl sites for hydroxylation is 1. The Labute approximate surface area is 118 Å². The number of nitrogens with zero attached hydrogens (tertiary/aromatic N) is 4. The van der Waals surface area contributed by atoms with E-state index in [1.165, 1.54) is 12.8 Å². The van der Waals surface area contributed by atoms with E-state index in [1.807, 2.05) is 17.8 Å². The van der Waals surface area contributed by atoms with Gasteiger partial charge in [-0.3, -0.25) is 0 Å². The number of nitrogens with one attached hydrogen (secondary N) is 1. The van der Waals surface area contributed by atoms with E-state index >= 15 is 0 Å². The van der Waals surface area contributed by atoms with Gasteiger partial charge < -0.3 is 14.4 Å². The van der Waals surface area contributed by atoms with Crippen LogP contribution < -0.4 is 5.32 Å². The zero-order chi connectivity index (χ0) is 14.2. The molecule has 1 atom stereocenters. The minimum absolute atomic E-state index is 0.121. The molecule has 0 saturated carbocycles. The highest BCUT2D eigenvalue weighted by Crippen LogP contribution is 2.35. The van der Waals surface area contributed by atoms with Crippen LogP contribution in [0, 0.1) is 5.92 Å². The van der Waals surface area contributed by atoms with Crippen molar-refractivity contribution in [2.45, 2.75) is 32.1 Å². The third-order valence-electron chi connectivity index (χ3n) is 4.32. The van der Waals surface area contributed by atoms with Crippen LogP contribution in [0.25, 0.3) is 11.6 Å². The molecule has 1 saturated heterocycles. The van der Waals surface area contributed by atoms with Crippen LogP contribution >= 0.6 is 0 Å². The fourth-order valence-corrected chi connectivity index (χ4v) is 2.80. The maximum atomic E-state index is 5.52. The molecule has 20 heavy (non-hydrogen) atoms. The largest absolute Gasteiger partial charge is 0.338 e. The van der Waals surface area contributed by atoms with E-state index in [-0.39, 0.29) is 5.41 Å². The molecule has 1 N–H and O–H groups in total. The Balaban J connectivity index is 1.87. The van der Waals surface area contributed by atoms with Crippen LogP contribution in [-0.4, -0.2) is 32.8 Å². The van der Waals surface area contributed by atoms with E-state index in [1.54, 1.807) is 6.20 Å². The van der Waals surface area contributed by atoms with Gasteiger partial charge in [0, 0.05) is 24.9 Å². The molecule has 6 heteroatoms. The van der Waals surface area contributed by atoms with Crippen LogP contribution in [0.1, 0.15) is 32.6 Å². The zero-order valence-electron chi connectivity index (χ0n) is 12.3. The maximum Gasteiger partial charge on any atom is 0.238 e. The van der Waals surface area contributed by atoms with Crippen molar-refractivity contribution in [2.75, 3.05) is 13.1 Å². The van der Waals surface area contributed by atoms with Crippen molar-refractivity contribution in [3.05, 3.63) is 18.3 Å². The molecular formula is C14H21N5O. The first kappa shape index (κ1) is 13.3. The second kappa shape index (κ2) is 5.01. The normalized spacial score (nSPS) is 20.2. The van der Waals surface area contributed by atoms with Crippen LogP contribution in [0.5, 0.6) is 0 Å². The van der Waals surface area contributed by atoms with Gasteiger partial charge in [0.05, 0.1) is 0 Å². The molecule has 0 spiro atoms. The van der Waals surface area contributed by atoms with E-state index in [9.17, 15) is 0 Å². The van der Waals surface area contributed by atoms with Crippen molar-refractivity contribution in [3.63, 3.8) is 0 Å². The first-order chi connectivity index (χ1) is 9.59. The first-order valence-corrected chi connectivity index (χ1v) is 7.11. The molecule has 0 radical (unpaired) electrons. The minimum atomic E-state index is -0.121. The predicted molar refractivity (Wildman–Crippen MR) is 75.1 cm³/mol. The van der Waals surface area contributed by atoms with Crippen molar-refractivity contribution in [1.29, 1.82) is 0 Å². The van der Waals surface area contributed by atoms with Crippen LogP contribution in [0.4, 0.5) is 0 Å². The Kier molecular flexibility index (Phi) is 3.33. The molecule has 3 rings (SSSR count). The first-order valence-electron chi connectivity index (χ1n) is 7.11. The van der Waals surface area contributed by atoms with E-state index in [4.69, 9.17) is 4.52 Å². The summed E-state index contributed by atoms with van der Waals surface area (Å²) >= 11 is 0. The Morgan fingerprint density at radius 2 is 2.30 bits per heavy atom. The van der Waals surface area contributed by atoms with E-state index in [0.29, 0.717) is 17.6 Å². The molecule has 3 heterocycles. The van der Waals surface area contributed by atoms with Gasteiger partial charge >= 0.3 is 0 Å². The van der Waals surface area contributed by atoms with Crippen LogP contribution in [0.15, 0.2) is 16.9 Å². The maximum absolute atomic E-state index is 5.52. The summed E-state index contributed by atoms with van der Waals surface area (Å²) < 4.78 is 7.41. The Hall–Kier alpha value is -1.69. The second-order valence-electron chi connectivity index (χ2n) is 6.05. The van der Waals surface area contributed by atoms with Gasteiger partial charge in [0.25, 0.3) is 0 Å². The van der Waals surface area contributed by atoms with Crippen molar-refractivity contribution in [3.8, 4) is 11.6 Å². The number of imidazole rings is 1. The third-order valence-corrected chi connectivity index (χ3v) is 4.32. The minimum Gasteiger partial charge on any atom is -0.338 e. The summed E-state index contributed by atoms with van der Waals surface area (Å²) in [7, 11) is 1.93. The van der Waals surface area contributed by atoms with Crippen molar-refractivity contribution in [2.24, 2.45) is 13.0 Å². The topological polar surface area (TPSA) is 68.8 Å². The quantitative estimate of drug-likeness (QED) is 0.924. The van der Waals surface area contributed by atoms with Gasteiger partial charge in [0.2, 0.25) is 11.7 Å². The molecule has 1 fully saturated rings. The Morgan fingerprint density at radius 1 is 1.45 bits per heavy atom. The standard InChI is InChI=1S/C14H21N5O/c1-14(2,10-5-4-6-15-9-10)13-17-11(18-20-13)12-16-7-8-19(12)3/h7-8,10,15H,4-6,9H2,1-3H3. The van der Waals surface area contributed by atoms with Gasteiger partial charge in [-0.25, -0.2) is 4.98 Å². The number of hydrogen-bond acceptors (Lipinski definition) is 5. The van der Waals surface area contributed by atoms with Crippen LogP contribution in [-0.2, 0) is 12.5 Å². The molecule has 6 nitrogen and oxygen atoms in total. The molecule has 2 aromatic heterocycles. The fourth-order valence-electron chi connectivity index (χ4n) is 2.80. The molecule has 1 aliphatic heterocycles. The highest BCUT2D eigenvalue weighted by Gasteiger charge is 2.37. The van der Waals surface area contributed by atoms with Crippen molar-refractivity contribution in [1.82, 2.24) is 25.0 Å². The van der Waals surface area contributed by atoms with Crippen LogP contribution in [0.2, 0.25) is 0 Å². The Morgan fingerprint density at radius 3 is 2.95 bits per heavy atom. The zero-order valence-corrected chi connectivity index (χ0v) is 12.3. The van der Waals surface area contributed by atoms with Crippen LogP contribution in [0.3, 0.4) is 0 Å². The highest BCUT2D eigenvalue weighted by atomic mass is 16.5. The average molecular weight is 275 g/mol. The smallest absolute Gasteiger partial charge is 0.238 e. The Bertz CT molecular complexity index is 580. The van der Waals surface area contributed by atoms with E-state index in [2.05, 4.69) is 34.3 Å². The molecule has 108 valence electrons. The number of aromatic nitrogens is 4. The monoisotopic (exact) mass is 275 g/mol. The molecule has 0 aliphatic carbocycles. The molecule has 2 aromatic rings. The highest BCUT2D eigenvalue weighted by molar-refractivity contribution is 5.42. The summed E-state index contributed by atoms with van der Waals surface area (Å²) in [5.41, 5.74) is -0.121. The van der Waals surface area contributed by atoms with Crippen molar-refractivity contribution >= 4 is 0 Å². The fraction of sp³-hybridized carbons (Fsp3) is 0.643. The predicted octanol–water partition coefficient (Wildman–Crippen LogP) is 1.75. The molecule has 1 unspecified atom stereocenters. The molecule has 1 aliphatic rings. The lowest BCUT2D eigenvalue weighted by Crippen LogP contribution is -2.40. The number of rotatable bonds is 3. The SMILES string of the molecule is Cn1ccnc1-c1noc(C(C)(C)C2CCCNC2)n1. The molecular weight excluding hydrogens is 254 g/mol. The summed E-state index contributed by atoms with van der Waals surface area (Å²) in [5, 5.41) is 7.54. The number of piperidine rings is 1. The van der Waals surface area contributed by atoms with E-state index in [0.717, 1.165) is 18.9 Å². The van der Waals surface area contributed by atoms with Gasteiger partial charge in [0.15, 0.2) is 5.82 Å². The van der Waals surface area contributed by atoms with E-state index < -0.39 is 0 Å². The summed E-state index contributed by atoms with van der Waals surface area (Å²) in [5.74, 6) is 2.51. The summed E-state index contributed by atoms with van der Waals surface area (Å²) in [6.07, 6.45) is 6.01. The van der Waals surface area contributed by atoms with Gasteiger partial charge in [-0.1, -0.05) is 19.0 Å². The second-order valence-corrected chi connectivity index (χ2v) is 6.05. The van der Waals surface area contributed by atoms with Gasteiger partial charge in [0.1, 0.15) is 0 Å². The summed E-state index contributed by atoms with van der Waals surface area (Å²) in [6.45, 7) is 6.48. The molecule has 0 bridgehead atoms. The van der Waals surface area contributed by atoms with Gasteiger partial charge in [-0.15, -0.1) is 0 Å².